The number of aliphatic hydroxyl groups is 2. The van der Waals surface area contributed by atoms with Crippen molar-refractivity contribution in [2.45, 2.75) is 225 Å². The van der Waals surface area contributed by atoms with Gasteiger partial charge in [-0.25, -0.2) is 0 Å². The lowest BCUT2D eigenvalue weighted by Gasteiger charge is -2.19. The Bertz CT molecular complexity index is 858. The summed E-state index contributed by atoms with van der Waals surface area (Å²) >= 11 is 0. The number of nitrogens with one attached hydrogen (secondary N) is 1. The van der Waals surface area contributed by atoms with Crippen LogP contribution in [0, 0.1) is 0 Å². The third kappa shape index (κ3) is 39.1. The second kappa shape index (κ2) is 42.5. The molecule has 0 aromatic rings. The Morgan fingerprint density at radius 2 is 0.863 bits per heavy atom. The summed E-state index contributed by atoms with van der Waals surface area (Å²) in [4.78, 5) is 12.3. The molecule has 0 bridgehead atoms. The number of amides is 1. The molecular weight excluding hydrogens is 627 g/mol. The SMILES string of the molecule is CCC/C=C\C/C=C\CCCCCCCC(=O)NC(CO)C(O)/C=C/CC/C=C/CC/C=C/CCCCCCCCCCCCCCCCCC. The lowest BCUT2D eigenvalue weighted by molar-refractivity contribution is -0.123. The zero-order valence-corrected chi connectivity index (χ0v) is 33.9. The van der Waals surface area contributed by atoms with Gasteiger partial charge in [0.25, 0.3) is 0 Å². The highest BCUT2D eigenvalue weighted by atomic mass is 16.3. The molecule has 2 unspecified atom stereocenters. The van der Waals surface area contributed by atoms with Crippen molar-refractivity contribution in [3.8, 4) is 0 Å². The fourth-order valence-electron chi connectivity index (χ4n) is 6.31. The molecule has 4 nitrogen and oxygen atoms in total. The second-order valence-electron chi connectivity index (χ2n) is 14.7. The number of carbonyl (C=O) groups excluding carboxylic acids is 1. The van der Waals surface area contributed by atoms with E-state index in [1.807, 2.05) is 6.08 Å². The van der Waals surface area contributed by atoms with E-state index >= 15 is 0 Å². The Balaban J connectivity index is 3.63. The number of hydrogen-bond donors (Lipinski definition) is 3. The van der Waals surface area contributed by atoms with Crippen LogP contribution in [-0.4, -0.2) is 34.9 Å². The second-order valence-corrected chi connectivity index (χ2v) is 14.7. The van der Waals surface area contributed by atoms with Crippen LogP contribution in [0.2, 0.25) is 0 Å². The first-order chi connectivity index (χ1) is 25.2. The molecule has 0 aliphatic carbocycles. The standard InChI is InChI=1S/C47H85NO3/c1-3-5-7-9-11-13-15-17-18-19-20-21-22-23-24-25-26-27-28-29-31-32-34-36-38-40-42-46(50)45(44-49)48-47(51)43-41-39-37-35-33-30-16-14-12-10-8-6-4-2/h8,10,14,16,27-28,32,34,40,42,45-46,49-50H,3-7,9,11-13,15,17-26,29-31,33,35-39,41,43-44H2,1-2H3,(H,48,51)/b10-8-,16-14-,28-27+,34-32+,42-40+. The molecule has 51 heavy (non-hydrogen) atoms. The molecule has 0 rings (SSSR count). The van der Waals surface area contributed by atoms with Crippen LogP contribution in [0.5, 0.6) is 0 Å². The average molecular weight is 712 g/mol. The van der Waals surface area contributed by atoms with Crippen LogP contribution in [0.3, 0.4) is 0 Å². The van der Waals surface area contributed by atoms with Gasteiger partial charge < -0.3 is 15.5 Å². The molecule has 0 aliphatic heterocycles. The molecule has 0 saturated carbocycles. The highest BCUT2D eigenvalue weighted by molar-refractivity contribution is 5.76. The first kappa shape index (κ1) is 49.1. The van der Waals surface area contributed by atoms with Crippen molar-refractivity contribution in [1.29, 1.82) is 0 Å². The van der Waals surface area contributed by atoms with E-state index in [0.717, 1.165) is 57.8 Å². The number of aliphatic hydroxyl groups excluding tert-OH is 2. The third-order valence-corrected chi connectivity index (χ3v) is 9.68. The molecule has 0 saturated heterocycles. The van der Waals surface area contributed by atoms with Crippen LogP contribution in [0.15, 0.2) is 60.8 Å². The number of carbonyl (C=O) groups is 1. The maximum absolute atomic E-state index is 12.3. The smallest absolute Gasteiger partial charge is 0.220 e. The van der Waals surface area contributed by atoms with Crippen molar-refractivity contribution in [3.63, 3.8) is 0 Å². The summed E-state index contributed by atoms with van der Waals surface area (Å²) in [6.07, 6.45) is 59.1. The Morgan fingerprint density at radius 3 is 1.33 bits per heavy atom. The van der Waals surface area contributed by atoms with Crippen molar-refractivity contribution in [3.05, 3.63) is 60.8 Å². The lowest BCUT2D eigenvalue weighted by atomic mass is 10.0. The van der Waals surface area contributed by atoms with Crippen molar-refractivity contribution < 1.29 is 15.0 Å². The summed E-state index contributed by atoms with van der Waals surface area (Å²) in [5.41, 5.74) is 0. The molecule has 0 aromatic carbocycles. The summed E-state index contributed by atoms with van der Waals surface area (Å²) in [6, 6.07) is -0.654. The number of hydrogen-bond acceptors (Lipinski definition) is 3. The number of unbranched alkanes of at least 4 members (excludes halogenated alkanes) is 24. The summed E-state index contributed by atoms with van der Waals surface area (Å²) < 4.78 is 0. The molecule has 0 radical (unpaired) electrons. The molecule has 0 heterocycles. The third-order valence-electron chi connectivity index (χ3n) is 9.68. The number of allylic oxidation sites excluding steroid dienone is 9. The van der Waals surface area contributed by atoms with Gasteiger partial charge in [0.2, 0.25) is 5.91 Å². The van der Waals surface area contributed by atoms with Crippen molar-refractivity contribution in [1.82, 2.24) is 5.32 Å². The minimum Gasteiger partial charge on any atom is -0.394 e. The minimum absolute atomic E-state index is 0.0948. The molecule has 0 aliphatic rings. The van der Waals surface area contributed by atoms with Gasteiger partial charge in [-0.2, -0.15) is 0 Å². The van der Waals surface area contributed by atoms with Gasteiger partial charge in [0.15, 0.2) is 0 Å². The molecule has 1 amide bonds. The maximum atomic E-state index is 12.3. The molecule has 0 fully saturated rings. The highest BCUT2D eigenvalue weighted by Gasteiger charge is 2.17. The van der Waals surface area contributed by atoms with E-state index in [1.165, 1.54) is 135 Å². The topological polar surface area (TPSA) is 69.6 Å². The van der Waals surface area contributed by atoms with Crippen LogP contribution >= 0.6 is 0 Å². The fraction of sp³-hybridized carbons (Fsp3) is 0.766. The van der Waals surface area contributed by atoms with Crippen molar-refractivity contribution in [2.75, 3.05) is 6.61 Å². The summed E-state index contributed by atoms with van der Waals surface area (Å²) in [7, 11) is 0. The Labute approximate surface area is 317 Å². The van der Waals surface area contributed by atoms with Crippen molar-refractivity contribution >= 4 is 5.91 Å². The van der Waals surface area contributed by atoms with E-state index in [-0.39, 0.29) is 12.5 Å². The molecule has 296 valence electrons. The van der Waals surface area contributed by atoms with Gasteiger partial charge in [-0.15, -0.1) is 0 Å². The predicted molar refractivity (Wildman–Crippen MR) is 225 cm³/mol. The van der Waals surface area contributed by atoms with E-state index in [9.17, 15) is 15.0 Å². The minimum atomic E-state index is -0.877. The largest absolute Gasteiger partial charge is 0.394 e. The van der Waals surface area contributed by atoms with Crippen LogP contribution in [0.1, 0.15) is 213 Å². The van der Waals surface area contributed by atoms with Gasteiger partial charge in [-0.1, -0.05) is 197 Å². The van der Waals surface area contributed by atoms with E-state index < -0.39 is 12.1 Å². The van der Waals surface area contributed by atoms with Gasteiger partial charge in [0.05, 0.1) is 18.8 Å². The first-order valence-electron chi connectivity index (χ1n) is 22.0. The molecule has 0 spiro atoms. The van der Waals surface area contributed by atoms with E-state index in [2.05, 4.69) is 67.8 Å². The van der Waals surface area contributed by atoms with Gasteiger partial charge in [-0.05, 0) is 70.6 Å². The molecule has 2 atom stereocenters. The van der Waals surface area contributed by atoms with Crippen molar-refractivity contribution in [2.24, 2.45) is 0 Å². The van der Waals surface area contributed by atoms with Crippen LogP contribution < -0.4 is 5.32 Å². The molecule has 0 aromatic heterocycles. The van der Waals surface area contributed by atoms with Crippen LogP contribution in [0.4, 0.5) is 0 Å². The summed E-state index contributed by atoms with van der Waals surface area (Å²) in [5, 5.41) is 22.9. The van der Waals surface area contributed by atoms with Crippen LogP contribution in [0.25, 0.3) is 0 Å². The monoisotopic (exact) mass is 712 g/mol. The Hall–Kier alpha value is -1.91. The molecule has 3 N–H and O–H groups in total. The highest BCUT2D eigenvalue weighted by Crippen LogP contribution is 2.14. The van der Waals surface area contributed by atoms with E-state index in [1.54, 1.807) is 6.08 Å². The normalized spacial score (nSPS) is 13.6. The number of rotatable bonds is 39. The average Bonchev–Trinajstić information content (AvgIpc) is 3.13. The fourth-order valence-corrected chi connectivity index (χ4v) is 6.31. The summed E-state index contributed by atoms with van der Waals surface area (Å²) in [5.74, 6) is -0.0948. The lowest BCUT2D eigenvalue weighted by Crippen LogP contribution is -2.45. The van der Waals surface area contributed by atoms with Gasteiger partial charge in [0.1, 0.15) is 0 Å². The van der Waals surface area contributed by atoms with E-state index in [4.69, 9.17) is 0 Å². The van der Waals surface area contributed by atoms with E-state index in [0.29, 0.717) is 6.42 Å². The zero-order valence-electron chi connectivity index (χ0n) is 33.9. The Morgan fingerprint density at radius 1 is 0.471 bits per heavy atom. The molecular formula is C47H85NO3. The predicted octanol–water partition coefficient (Wildman–Crippen LogP) is 13.7. The maximum Gasteiger partial charge on any atom is 0.220 e. The quantitative estimate of drug-likeness (QED) is 0.0439. The summed E-state index contributed by atoms with van der Waals surface area (Å²) in [6.45, 7) is 4.22. The van der Waals surface area contributed by atoms with Gasteiger partial charge >= 0.3 is 0 Å². The molecule has 4 heteroatoms. The Kier molecular flexibility index (Phi) is 40.9. The zero-order chi connectivity index (χ0) is 37.1. The first-order valence-corrected chi connectivity index (χ1v) is 22.0. The van der Waals surface area contributed by atoms with Gasteiger partial charge in [0, 0.05) is 6.42 Å². The van der Waals surface area contributed by atoms with Crippen LogP contribution in [-0.2, 0) is 4.79 Å². The van der Waals surface area contributed by atoms with Gasteiger partial charge in [-0.3, -0.25) is 4.79 Å².